The van der Waals surface area contributed by atoms with Crippen molar-refractivity contribution in [2.45, 2.75) is 4.90 Å². The predicted molar refractivity (Wildman–Crippen MR) is 121 cm³/mol. The minimum atomic E-state index is -2.74. The van der Waals surface area contributed by atoms with Crippen molar-refractivity contribution in [3.63, 3.8) is 0 Å². The smallest absolute Gasteiger partial charge is 0.131 e. The third-order valence-corrected chi connectivity index (χ3v) is 5.74. The van der Waals surface area contributed by atoms with Crippen molar-refractivity contribution in [2.24, 2.45) is 0 Å². The van der Waals surface area contributed by atoms with E-state index < -0.39 is 9.73 Å². The van der Waals surface area contributed by atoms with Gasteiger partial charge in [-0.25, -0.2) is 19.0 Å². The van der Waals surface area contributed by atoms with Gasteiger partial charge in [-0.2, -0.15) is 5.26 Å². The molecule has 0 amide bonds. The first kappa shape index (κ1) is 20.1. The summed E-state index contributed by atoms with van der Waals surface area (Å²) in [5, 5.41) is 13.9. The first-order valence-electron chi connectivity index (χ1n) is 9.30. The molecular weight excluding hydrogens is 406 g/mol. The van der Waals surface area contributed by atoms with Crippen LogP contribution in [0.1, 0.15) is 16.8 Å². The van der Waals surface area contributed by atoms with Crippen LogP contribution >= 0.6 is 0 Å². The van der Waals surface area contributed by atoms with Crippen LogP contribution in [0.3, 0.4) is 0 Å². The van der Waals surface area contributed by atoms with Crippen LogP contribution in [0.25, 0.3) is 10.8 Å². The van der Waals surface area contributed by atoms with E-state index >= 15 is 0 Å². The summed E-state index contributed by atoms with van der Waals surface area (Å²) in [6, 6.07) is 19.8. The van der Waals surface area contributed by atoms with E-state index in [-0.39, 0.29) is 0 Å². The van der Waals surface area contributed by atoms with Crippen molar-refractivity contribution in [2.75, 3.05) is 11.6 Å². The number of nitrogens with one attached hydrogen (secondary N) is 2. The maximum absolute atomic E-state index is 11.8. The number of anilines is 2. The fraction of sp³-hybridized carbons (Fsp3) is 0.0417. The van der Waals surface area contributed by atoms with Gasteiger partial charge in [0, 0.05) is 45.6 Å². The Morgan fingerprint density at radius 3 is 2.35 bits per heavy atom. The standard InChI is InChI=1S/C24H17N5OS/c1-31(26,30)21-9-7-20(8-10-21)29-24-14-22-19(16-28-24)12-13-27-23(22)11-6-17-2-4-18(15-25)5-3-17/h2-5,7-10,12-14,16,26H,1H3,(H,28,29)/t31-/m1/s1. The molecule has 0 unspecified atom stereocenters. The molecule has 31 heavy (non-hydrogen) atoms. The molecule has 4 rings (SSSR count). The van der Waals surface area contributed by atoms with E-state index in [1.807, 2.05) is 12.1 Å². The number of hydrogen-bond acceptors (Lipinski definition) is 6. The highest BCUT2D eigenvalue weighted by Crippen LogP contribution is 2.22. The van der Waals surface area contributed by atoms with Crippen molar-refractivity contribution in [3.05, 3.63) is 89.9 Å². The molecule has 4 aromatic rings. The van der Waals surface area contributed by atoms with Gasteiger partial charge in [-0.3, -0.25) is 0 Å². The van der Waals surface area contributed by atoms with Crippen LogP contribution in [0.4, 0.5) is 11.5 Å². The fourth-order valence-electron chi connectivity index (χ4n) is 2.94. The molecule has 0 radical (unpaired) electrons. The summed E-state index contributed by atoms with van der Waals surface area (Å²) in [5.74, 6) is 6.81. The zero-order chi connectivity index (χ0) is 21.8. The summed E-state index contributed by atoms with van der Waals surface area (Å²) in [5.41, 5.74) is 2.79. The summed E-state index contributed by atoms with van der Waals surface area (Å²) >= 11 is 0. The van der Waals surface area contributed by atoms with Crippen molar-refractivity contribution in [3.8, 4) is 17.9 Å². The molecule has 150 valence electrons. The fourth-order valence-corrected chi connectivity index (χ4v) is 3.59. The number of fused-ring (bicyclic) bond motifs is 1. The summed E-state index contributed by atoms with van der Waals surface area (Å²) in [6.45, 7) is 0. The van der Waals surface area contributed by atoms with Crippen molar-refractivity contribution >= 4 is 32.0 Å². The number of rotatable bonds is 3. The molecule has 0 aliphatic carbocycles. The molecule has 0 saturated heterocycles. The van der Waals surface area contributed by atoms with E-state index in [2.05, 4.69) is 33.2 Å². The molecule has 0 fully saturated rings. The zero-order valence-electron chi connectivity index (χ0n) is 16.6. The molecule has 0 aliphatic rings. The van der Waals surface area contributed by atoms with E-state index in [4.69, 9.17) is 10.0 Å². The SMILES string of the molecule is C[S@@](=N)(=O)c1ccc(Nc2cc3c(C#Cc4ccc(C#N)cc4)nccc3cn2)cc1. The Bertz CT molecular complexity index is 1470. The Balaban J connectivity index is 1.64. The number of nitriles is 1. The topological polar surface area (TPSA) is 103 Å². The maximum Gasteiger partial charge on any atom is 0.131 e. The first-order valence-corrected chi connectivity index (χ1v) is 11.3. The summed E-state index contributed by atoms with van der Waals surface area (Å²) in [7, 11) is -2.74. The molecule has 2 N–H and O–H groups in total. The van der Waals surface area contributed by atoms with Gasteiger partial charge in [0.15, 0.2) is 0 Å². The number of nitrogens with zero attached hydrogens (tertiary/aromatic N) is 3. The minimum Gasteiger partial charge on any atom is -0.340 e. The lowest BCUT2D eigenvalue weighted by Crippen LogP contribution is -1.97. The van der Waals surface area contributed by atoms with Crippen LogP contribution in [0.2, 0.25) is 0 Å². The van der Waals surface area contributed by atoms with Gasteiger partial charge >= 0.3 is 0 Å². The second kappa shape index (κ2) is 8.27. The van der Waals surface area contributed by atoms with Gasteiger partial charge in [-0.05, 0) is 66.6 Å². The molecular formula is C24H17N5OS. The lowest BCUT2D eigenvalue weighted by Gasteiger charge is -2.08. The van der Waals surface area contributed by atoms with Crippen LogP contribution in [0.5, 0.6) is 0 Å². The van der Waals surface area contributed by atoms with E-state index in [1.165, 1.54) is 6.26 Å². The normalized spacial score (nSPS) is 12.3. The molecule has 0 spiro atoms. The number of hydrogen-bond donors (Lipinski definition) is 2. The van der Waals surface area contributed by atoms with Gasteiger partial charge in [0.2, 0.25) is 0 Å². The van der Waals surface area contributed by atoms with Crippen LogP contribution in [-0.4, -0.2) is 20.4 Å². The van der Waals surface area contributed by atoms with Gasteiger partial charge in [0.25, 0.3) is 0 Å². The summed E-state index contributed by atoms with van der Waals surface area (Å²) in [4.78, 5) is 9.33. The number of pyridine rings is 2. The summed E-state index contributed by atoms with van der Waals surface area (Å²) < 4.78 is 19.5. The quantitative estimate of drug-likeness (QED) is 0.466. The predicted octanol–water partition coefficient (Wildman–Crippen LogP) is 4.68. The third kappa shape index (κ3) is 4.69. The highest BCUT2D eigenvalue weighted by Gasteiger charge is 2.06. The Hall–Kier alpha value is -4.20. The first-order chi connectivity index (χ1) is 14.9. The average molecular weight is 424 g/mol. The van der Waals surface area contributed by atoms with Crippen molar-refractivity contribution in [1.82, 2.24) is 9.97 Å². The van der Waals surface area contributed by atoms with Crippen LogP contribution < -0.4 is 5.32 Å². The zero-order valence-corrected chi connectivity index (χ0v) is 17.4. The largest absolute Gasteiger partial charge is 0.340 e. The molecule has 2 aromatic heterocycles. The van der Waals surface area contributed by atoms with E-state index in [0.717, 1.165) is 22.0 Å². The molecule has 2 aromatic carbocycles. The molecule has 2 heterocycles. The molecule has 6 nitrogen and oxygen atoms in total. The molecule has 7 heteroatoms. The second-order valence-corrected chi connectivity index (χ2v) is 9.04. The van der Waals surface area contributed by atoms with Gasteiger partial charge < -0.3 is 5.32 Å². The Kier molecular flexibility index (Phi) is 5.36. The van der Waals surface area contributed by atoms with Crippen molar-refractivity contribution in [1.29, 1.82) is 10.0 Å². The van der Waals surface area contributed by atoms with Gasteiger partial charge in [0.1, 0.15) is 11.5 Å². The van der Waals surface area contributed by atoms with Gasteiger partial charge in [-0.15, -0.1) is 0 Å². The summed E-state index contributed by atoms with van der Waals surface area (Å²) in [6.07, 6.45) is 4.85. The Morgan fingerprint density at radius 2 is 1.68 bits per heavy atom. The van der Waals surface area contributed by atoms with Crippen LogP contribution in [-0.2, 0) is 9.73 Å². The minimum absolute atomic E-state index is 0.481. The van der Waals surface area contributed by atoms with Crippen LogP contribution in [0.15, 0.2) is 78.0 Å². The monoisotopic (exact) mass is 423 g/mol. The second-order valence-electron chi connectivity index (χ2n) is 6.88. The molecule has 0 bridgehead atoms. The molecule has 0 saturated carbocycles. The third-order valence-electron chi connectivity index (χ3n) is 4.56. The van der Waals surface area contributed by atoms with E-state index in [1.54, 1.807) is 60.9 Å². The molecule has 1 atom stereocenters. The van der Waals surface area contributed by atoms with E-state index in [0.29, 0.717) is 22.0 Å². The maximum atomic E-state index is 11.8. The Morgan fingerprint density at radius 1 is 0.968 bits per heavy atom. The lowest BCUT2D eigenvalue weighted by molar-refractivity contribution is 0.679. The number of benzene rings is 2. The van der Waals surface area contributed by atoms with Crippen LogP contribution in [0, 0.1) is 28.0 Å². The van der Waals surface area contributed by atoms with Gasteiger partial charge in [0.05, 0.1) is 21.4 Å². The Labute approximate surface area is 180 Å². The number of aromatic nitrogens is 2. The van der Waals surface area contributed by atoms with Gasteiger partial charge in [-0.1, -0.05) is 5.92 Å². The highest BCUT2D eigenvalue weighted by molar-refractivity contribution is 7.91. The lowest BCUT2D eigenvalue weighted by atomic mass is 10.1. The highest BCUT2D eigenvalue weighted by atomic mass is 32.2. The molecule has 0 aliphatic heterocycles. The average Bonchev–Trinajstić information content (AvgIpc) is 2.78. The van der Waals surface area contributed by atoms with Crippen molar-refractivity contribution < 1.29 is 4.21 Å². The van der Waals surface area contributed by atoms with E-state index in [9.17, 15) is 4.21 Å².